The van der Waals surface area contributed by atoms with Crippen molar-refractivity contribution in [3.05, 3.63) is 50.2 Å². The minimum Gasteiger partial charge on any atom is -0.480 e. The molecule has 9 heteroatoms. The van der Waals surface area contributed by atoms with Gasteiger partial charge in [-0.25, -0.2) is 9.36 Å². The molecule has 1 atom stereocenters. The van der Waals surface area contributed by atoms with Gasteiger partial charge in [0, 0.05) is 25.8 Å². The summed E-state index contributed by atoms with van der Waals surface area (Å²) >= 11 is 0. The molecule has 0 amide bonds. The number of aromatic nitrogens is 4. The molecule has 1 aliphatic rings. The minimum atomic E-state index is -1.24. The summed E-state index contributed by atoms with van der Waals surface area (Å²) in [6.45, 7) is 6.75. The average Bonchev–Trinajstić information content (AvgIpc) is 3.01. The number of carbonyl (C=O) groups is 1. The van der Waals surface area contributed by atoms with E-state index in [4.69, 9.17) is 5.11 Å². The topological polar surface area (TPSA) is 102 Å². The van der Waals surface area contributed by atoms with Gasteiger partial charge in [-0.3, -0.25) is 14.2 Å². The highest BCUT2D eigenvalue weighted by Crippen LogP contribution is 2.33. The first kappa shape index (κ1) is 19.0. The normalized spacial score (nSPS) is 16.3. The second kappa shape index (κ2) is 6.61. The number of benzene rings is 1. The molecule has 152 valence electrons. The SMILES string of the molecule is Cc1cc(C)cc(N2CC(C)Cn3c2nc2c3c(=O)n(CC(=O)O)c(=O)n2C)c1. The number of anilines is 2. The van der Waals surface area contributed by atoms with Gasteiger partial charge in [0.25, 0.3) is 5.56 Å². The van der Waals surface area contributed by atoms with E-state index in [-0.39, 0.29) is 17.1 Å². The van der Waals surface area contributed by atoms with Crippen molar-refractivity contribution in [2.24, 2.45) is 13.0 Å². The summed E-state index contributed by atoms with van der Waals surface area (Å²) in [6, 6.07) is 6.22. The Morgan fingerprint density at radius 1 is 1.17 bits per heavy atom. The molecule has 3 heterocycles. The van der Waals surface area contributed by atoms with Gasteiger partial charge in [-0.2, -0.15) is 4.98 Å². The molecule has 0 bridgehead atoms. The molecule has 0 aliphatic carbocycles. The molecule has 29 heavy (non-hydrogen) atoms. The molecule has 1 aliphatic heterocycles. The third-order valence-electron chi connectivity index (χ3n) is 5.25. The van der Waals surface area contributed by atoms with Crippen LogP contribution in [0.2, 0.25) is 0 Å². The first-order valence-electron chi connectivity index (χ1n) is 9.45. The lowest BCUT2D eigenvalue weighted by molar-refractivity contribution is -0.137. The highest BCUT2D eigenvalue weighted by Gasteiger charge is 2.30. The van der Waals surface area contributed by atoms with Gasteiger partial charge in [0.1, 0.15) is 6.54 Å². The van der Waals surface area contributed by atoms with E-state index in [2.05, 4.69) is 35.0 Å². The maximum Gasteiger partial charge on any atom is 0.333 e. The smallest absolute Gasteiger partial charge is 0.333 e. The van der Waals surface area contributed by atoms with E-state index in [0.29, 0.717) is 12.5 Å². The molecule has 3 aromatic rings. The van der Waals surface area contributed by atoms with E-state index in [0.717, 1.165) is 27.9 Å². The maximum atomic E-state index is 13.0. The number of rotatable bonds is 3. The molecule has 0 saturated carbocycles. The van der Waals surface area contributed by atoms with Gasteiger partial charge in [-0.15, -0.1) is 0 Å². The minimum absolute atomic E-state index is 0.227. The van der Waals surface area contributed by atoms with E-state index in [1.807, 2.05) is 13.8 Å². The standard InChI is InChI=1S/C20H23N5O4/c1-11-5-12(2)7-14(6-11)23-8-13(3)9-24-16-17(21-19(23)24)22(4)20(29)25(18(16)28)10-15(26)27/h5-7,13H,8-10H2,1-4H3,(H,26,27). The highest BCUT2D eigenvalue weighted by atomic mass is 16.4. The van der Waals surface area contributed by atoms with Crippen molar-refractivity contribution < 1.29 is 9.90 Å². The Kier molecular flexibility index (Phi) is 4.33. The summed E-state index contributed by atoms with van der Waals surface area (Å²) < 4.78 is 3.80. The predicted octanol–water partition coefficient (Wildman–Crippen LogP) is 1.39. The van der Waals surface area contributed by atoms with Crippen LogP contribution in [0, 0.1) is 19.8 Å². The second-order valence-electron chi connectivity index (χ2n) is 7.88. The van der Waals surface area contributed by atoms with Crippen molar-refractivity contribution in [1.29, 1.82) is 0 Å². The van der Waals surface area contributed by atoms with Crippen molar-refractivity contribution in [1.82, 2.24) is 18.7 Å². The van der Waals surface area contributed by atoms with E-state index in [1.165, 1.54) is 11.6 Å². The van der Waals surface area contributed by atoms with Gasteiger partial charge >= 0.3 is 11.7 Å². The zero-order valence-corrected chi connectivity index (χ0v) is 16.8. The van der Waals surface area contributed by atoms with E-state index in [1.54, 1.807) is 4.57 Å². The summed E-state index contributed by atoms with van der Waals surface area (Å²) in [5.74, 6) is -0.430. The molecular formula is C20H23N5O4. The van der Waals surface area contributed by atoms with Gasteiger partial charge < -0.3 is 14.6 Å². The lowest BCUT2D eigenvalue weighted by Crippen LogP contribution is -2.41. The first-order valence-corrected chi connectivity index (χ1v) is 9.45. The predicted molar refractivity (Wildman–Crippen MR) is 109 cm³/mol. The van der Waals surface area contributed by atoms with Crippen LogP contribution in [-0.2, 0) is 24.9 Å². The molecule has 0 saturated heterocycles. The van der Waals surface area contributed by atoms with Crippen LogP contribution in [0.1, 0.15) is 18.1 Å². The van der Waals surface area contributed by atoms with Crippen LogP contribution < -0.4 is 16.1 Å². The number of aryl methyl sites for hydroxylation is 3. The van der Waals surface area contributed by atoms with Crippen molar-refractivity contribution in [3.63, 3.8) is 0 Å². The summed E-state index contributed by atoms with van der Waals surface area (Å²) in [4.78, 5) is 43.4. The molecule has 0 fully saturated rings. The second-order valence-corrected chi connectivity index (χ2v) is 7.88. The lowest BCUT2D eigenvalue weighted by atomic mass is 10.1. The van der Waals surface area contributed by atoms with Crippen LogP contribution in [0.4, 0.5) is 11.6 Å². The molecule has 9 nitrogen and oxygen atoms in total. The Balaban J connectivity index is 2.02. The number of fused-ring (bicyclic) bond motifs is 3. The molecule has 0 radical (unpaired) electrons. The van der Waals surface area contributed by atoms with Crippen LogP contribution in [0.15, 0.2) is 27.8 Å². The van der Waals surface area contributed by atoms with Crippen molar-refractivity contribution in [2.45, 2.75) is 33.9 Å². The van der Waals surface area contributed by atoms with Crippen molar-refractivity contribution in [2.75, 3.05) is 11.4 Å². The van der Waals surface area contributed by atoms with E-state index < -0.39 is 23.8 Å². The van der Waals surface area contributed by atoms with E-state index >= 15 is 0 Å². The molecule has 0 spiro atoms. The molecule has 2 aromatic heterocycles. The number of hydrogen-bond acceptors (Lipinski definition) is 5. The van der Waals surface area contributed by atoms with Crippen LogP contribution >= 0.6 is 0 Å². The third-order valence-corrected chi connectivity index (χ3v) is 5.25. The van der Waals surface area contributed by atoms with Gasteiger partial charge in [0.15, 0.2) is 11.2 Å². The van der Waals surface area contributed by atoms with Gasteiger partial charge in [-0.05, 0) is 43.0 Å². The first-order chi connectivity index (χ1) is 13.7. The summed E-state index contributed by atoms with van der Waals surface area (Å²) in [7, 11) is 1.51. The van der Waals surface area contributed by atoms with Gasteiger partial charge in [0.05, 0.1) is 0 Å². The average molecular weight is 397 g/mol. The van der Waals surface area contributed by atoms with Gasteiger partial charge in [-0.1, -0.05) is 13.0 Å². The molecule has 1 unspecified atom stereocenters. The maximum absolute atomic E-state index is 13.0. The van der Waals surface area contributed by atoms with Crippen LogP contribution in [-0.4, -0.2) is 36.3 Å². The molecule has 1 aromatic carbocycles. The Bertz CT molecular complexity index is 1250. The number of imidazole rings is 1. The number of nitrogens with zero attached hydrogens (tertiary/aromatic N) is 5. The number of hydrogen-bond donors (Lipinski definition) is 1. The zero-order valence-electron chi connectivity index (χ0n) is 16.8. The Morgan fingerprint density at radius 2 is 1.83 bits per heavy atom. The van der Waals surface area contributed by atoms with Crippen LogP contribution in [0.5, 0.6) is 0 Å². The quantitative estimate of drug-likeness (QED) is 0.716. The van der Waals surface area contributed by atoms with Crippen molar-refractivity contribution >= 4 is 28.8 Å². The number of carboxylic acids is 1. The summed E-state index contributed by atoms with van der Waals surface area (Å²) in [6.07, 6.45) is 0. The Morgan fingerprint density at radius 3 is 2.45 bits per heavy atom. The third kappa shape index (κ3) is 3.02. The molecule has 4 rings (SSSR count). The van der Waals surface area contributed by atoms with Crippen molar-refractivity contribution in [3.8, 4) is 0 Å². The Hall–Kier alpha value is -3.36. The zero-order chi connectivity index (χ0) is 21.0. The fraction of sp³-hybridized carbons (Fsp3) is 0.400. The fourth-order valence-electron chi connectivity index (χ4n) is 4.10. The summed E-state index contributed by atoms with van der Waals surface area (Å²) in [5.41, 5.74) is 2.42. The summed E-state index contributed by atoms with van der Waals surface area (Å²) in [5, 5.41) is 9.11. The number of aliphatic carboxylic acids is 1. The Labute approximate surface area is 166 Å². The molecule has 1 N–H and O–H groups in total. The largest absolute Gasteiger partial charge is 0.480 e. The van der Waals surface area contributed by atoms with Gasteiger partial charge in [0.2, 0.25) is 5.95 Å². The van der Waals surface area contributed by atoms with Crippen LogP contribution in [0.3, 0.4) is 0 Å². The monoisotopic (exact) mass is 397 g/mol. The van der Waals surface area contributed by atoms with E-state index in [9.17, 15) is 14.4 Å². The highest BCUT2D eigenvalue weighted by molar-refractivity contribution is 5.77. The van der Waals surface area contributed by atoms with Crippen LogP contribution in [0.25, 0.3) is 11.2 Å². The fourth-order valence-corrected chi connectivity index (χ4v) is 4.10. The number of carboxylic acid groups (broad SMARTS) is 1. The lowest BCUT2D eigenvalue weighted by Gasteiger charge is -2.33. The molecular weight excluding hydrogens is 374 g/mol.